The molecule has 0 spiro atoms. The van der Waals surface area contributed by atoms with Crippen LogP contribution in [0.3, 0.4) is 0 Å². The van der Waals surface area contributed by atoms with Gasteiger partial charge in [0.2, 0.25) is 0 Å². The smallest absolute Gasteiger partial charge is 0.0968 e. The molecule has 1 aromatic heterocycles. The molecule has 2 aliphatic rings. The lowest BCUT2D eigenvalue weighted by Gasteiger charge is -2.23. The molecule has 4 heteroatoms. The quantitative estimate of drug-likeness (QED) is 0.800. The molecule has 0 bridgehead atoms. The summed E-state index contributed by atoms with van der Waals surface area (Å²) in [4.78, 5) is 2.41. The fraction of sp³-hybridized carbons (Fsp3) is 0.591. The number of hydrogen-bond acceptors (Lipinski definition) is 3. The normalized spacial score (nSPS) is 21.6. The largest absolute Gasteiger partial charge is 0.380 e. The van der Waals surface area contributed by atoms with Crippen LogP contribution in [-0.4, -0.2) is 41.0 Å². The Bertz CT molecular complexity index is 709. The van der Waals surface area contributed by atoms with E-state index in [1.165, 1.54) is 48.8 Å². The molecule has 0 N–H and O–H groups in total. The summed E-state index contributed by atoms with van der Waals surface area (Å²) in [6.07, 6.45) is 10.2. The van der Waals surface area contributed by atoms with Crippen LogP contribution in [0.15, 0.2) is 30.5 Å². The summed E-state index contributed by atoms with van der Waals surface area (Å²) in [5.74, 6) is 0.759. The monoisotopic (exact) mass is 353 g/mol. The van der Waals surface area contributed by atoms with Gasteiger partial charge in [0.15, 0.2) is 0 Å². The first-order chi connectivity index (χ1) is 12.7. The SMILES string of the molecule is CN(Cc1cn(C)nc1-c1ccc(C2CCCCC2)cc1)[C@H]1CCOC1. The maximum Gasteiger partial charge on any atom is 0.0968 e. The van der Waals surface area contributed by atoms with Gasteiger partial charge in [-0.25, -0.2) is 0 Å². The fourth-order valence-electron chi connectivity index (χ4n) is 4.51. The van der Waals surface area contributed by atoms with Crippen molar-refractivity contribution in [2.75, 3.05) is 20.3 Å². The second kappa shape index (κ2) is 7.93. The van der Waals surface area contributed by atoms with Crippen molar-refractivity contribution in [1.29, 1.82) is 0 Å². The molecule has 26 heavy (non-hydrogen) atoms. The summed E-state index contributed by atoms with van der Waals surface area (Å²) in [6.45, 7) is 2.65. The molecule has 2 aromatic rings. The molecule has 1 aliphatic heterocycles. The van der Waals surface area contributed by atoms with Gasteiger partial charge in [-0.1, -0.05) is 43.5 Å². The maximum absolute atomic E-state index is 5.54. The third kappa shape index (κ3) is 3.86. The zero-order valence-electron chi connectivity index (χ0n) is 16.2. The van der Waals surface area contributed by atoms with Gasteiger partial charge >= 0.3 is 0 Å². The van der Waals surface area contributed by atoms with E-state index < -0.39 is 0 Å². The molecule has 2 fully saturated rings. The van der Waals surface area contributed by atoms with Gasteiger partial charge in [-0.2, -0.15) is 5.10 Å². The highest BCUT2D eigenvalue weighted by Crippen LogP contribution is 2.34. The van der Waals surface area contributed by atoms with Crippen molar-refractivity contribution >= 4 is 0 Å². The van der Waals surface area contributed by atoms with Crippen LogP contribution in [-0.2, 0) is 18.3 Å². The van der Waals surface area contributed by atoms with E-state index in [-0.39, 0.29) is 0 Å². The van der Waals surface area contributed by atoms with Gasteiger partial charge in [0.1, 0.15) is 0 Å². The standard InChI is InChI=1S/C22H31N3O/c1-24(21-12-13-26-16-21)14-20-15-25(2)23-22(20)19-10-8-18(9-11-19)17-6-4-3-5-7-17/h8-11,15,17,21H,3-7,12-14,16H2,1-2H3/t21-/m0/s1. The van der Waals surface area contributed by atoms with Crippen molar-refractivity contribution in [2.24, 2.45) is 7.05 Å². The molecule has 1 atom stereocenters. The number of nitrogens with zero attached hydrogens (tertiary/aromatic N) is 3. The van der Waals surface area contributed by atoms with Crippen LogP contribution in [0.25, 0.3) is 11.3 Å². The second-order valence-corrected chi connectivity index (χ2v) is 8.07. The molecular formula is C22H31N3O. The molecule has 140 valence electrons. The van der Waals surface area contributed by atoms with Gasteiger partial charge in [-0.05, 0) is 37.8 Å². The summed E-state index contributed by atoms with van der Waals surface area (Å²) in [6, 6.07) is 9.73. The van der Waals surface area contributed by atoms with Crippen molar-refractivity contribution in [3.8, 4) is 11.3 Å². The molecule has 0 unspecified atom stereocenters. The minimum absolute atomic E-state index is 0.525. The number of hydrogen-bond donors (Lipinski definition) is 0. The topological polar surface area (TPSA) is 30.3 Å². The van der Waals surface area contributed by atoms with Gasteiger partial charge < -0.3 is 4.74 Å². The predicted octanol–water partition coefficient (Wildman–Crippen LogP) is 4.36. The lowest BCUT2D eigenvalue weighted by Crippen LogP contribution is -2.31. The first-order valence-electron chi connectivity index (χ1n) is 10.1. The van der Waals surface area contributed by atoms with E-state index in [0.29, 0.717) is 6.04 Å². The number of aryl methyl sites for hydroxylation is 1. The maximum atomic E-state index is 5.54. The number of ether oxygens (including phenoxy) is 1. The van der Waals surface area contributed by atoms with Crippen molar-refractivity contribution in [3.63, 3.8) is 0 Å². The van der Waals surface area contributed by atoms with E-state index in [4.69, 9.17) is 9.84 Å². The molecule has 4 nitrogen and oxygen atoms in total. The zero-order chi connectivity index (χ0) is 17.9. The molecule has 1 aliphatic carbocycles. The Balaban J connectivity index is 1.51. The average molecular weight is 354 g/mol. The summed E-state index contributed by atoms with van der Waals surface area (Å²) in [7, 11) is 4.21. The molecule has 0 radical (unpaired) electrons. The molecule has 1 saturated carbocycles. The minimum atomic E-state index is 0.525. The zero-order valence-corrected chi connectivity index (χ0v) is 16.2. The van der Waals surface area contributed by atoms with E-state index in [1.54, 1.807) is 0 Å². The number of rotatable bonds is 5. The highest BCUT2D eigenvalue weighted by atomic mass is 16.5. The Morgan fingerprint density at radius 1 is 1.12 bits per heavy atom. The van der Waals surface area contributed by atoms with Crippen molar-refractivity contribution < 1.29 is 4.74 Å². The predicted molar refractivity (Wildman–Crippen MR) is 105 cm³/mol. The summed E-state index contributed by atoms with van der Waals surface area (Å²) < 4.78 is 7.49. The average Bonchev–Trinajstić information content (AvgIpc) is 3.33. The van der Waals surface area contributed by atoms with E-state index in [0.717, 1.165) is 37.8 Å². The van der Waals surface area contributed by atoms with Gasteiger partial charge in [0.25, 0.3) is 0 Å². The molecule has 2 heterocycles. The Hall–Kier alpha value is -1.65. The van der Waals surface area contributed by atoms with Crippen molar-refractivity contribution in [2.45, 2.75) is 57.0 Å². The molecule has 1 saturated heterocycles. The van der Waals surface area contributed by atoms with Crippen LogP contribution in [0.4, 0.5) is 0 Å². The molecule has 1 aromatic carbocycles. The lowest BCUT2D eigenvalue weighted by atomic mass is 9.84. The van der Waals surface area contributed by atoms with E-state index in [2.05, 4.69) is 42.4 Å². The lowest BCUT2D eigenvalue weighted by molar-refractivity contribution is 0.156. The van der Waals surface area contributed by atoms with Crippen LogP contribution in [0.2, 0.25) is 0 Å². The first kappa shape index (κ1) is 17.7. The van der Waals surface area contributed by atoms with E-state index in [9.17, 15) is 0 Å². The van der Waals surface area contributed by atoms with Crippen LogP contribution in [0.5, 0.6) is 0 Å². The van der Waals surface area contributed by atoms with Crippen molar-refractivity contribution in [1.82, 2.24) is 14.7 Å². The molecule has 4 rings (SSSR count). The minimum Gasteiger partial charge on any atom is -0.380 e. The summed E-state index contributed by atoms with van der Waals surface area (Å²) in [5.41, 5.74) is 5.16. The first-order valence-corrected chi connectivity index (χ1v) is 10.1. The third-order valence-corrected chi connectivity index (χ3v) is 6.11. The fourth-order valence-corrected chi connectivity index (χ4v) is 4.51. The van der Waals surface area contributed by atoms with Crippen LogP contribution in [0.1, 0.15) is 55.6 Å². The Labute approximate surface area is 157 Å². The highest BCUT2D eigenvalue weighted by molar-refractivity contribution is 5.63. The molecule has 0 amide bonds. The highest BCUT2D eigenvalue weighted by Gasteiger charge is 2.22. The van der Waals surface area contributed by atoms with E-state index in [1.807, 2.05) is 11.7 Å². The Kier molecular flexibility index (Phi) is 5.41. The molecular weight excluding hydrogens is 322 g/mol. The Morgan fingerprint density at radius 3 is 2.58 bits per heavy atom. The van der Waals surface area contributed by atoms with Gasteiger partial charge in [0.05, 0.1) is 12.3 Å². The summed E-state index contributed by atoms with van der Waals surface area (Å²) in [5, 5.41) is 4.76. The Morgan fingerprint density at radius 2 is 1.88 bits per heavy atom. The second-order valence-electron chi connectivity index (χ2n) is 8.07. The van der Waals surface area contributed by atoms with Gasteiger partial charge in [-0.15, -0.1) is 0 Å². The number of aromatic nitrogens is 2. The van der Waals surface area contributed by atoms with Gasteiger partial charge in [-0.3, -0.25) is 9.58 Å². The number of likely N-dealkylation sites (N-methyl/N-ethyl adjacent to an activating group) is 1. The van der Waals surface area contributed by atoms with Crippen LogP contribution >= 0.6 is 0 Å². The van der Waals surface area contributed by atoms with Crippen molar-refractivity contribution in [3.05, 3.63) is 41.6 Å². The van der Waals surface area contributed by atoms with E-state index >= 15 is 0 Å². The number of benzene rings is 1. The van der Waals surface area contributed by atoms with Gasteiger partial charge in [0, 0.05) is 43.6 Å². The van der Waals surface area contributed by atoms with Crippen LogP contribution < -0.4 is 0 Å². The summed E-state index contributed by atoms with van der Waals surface area (Å²) >= 11 is 0. The third-order valence-electron chi connectivity index (χ3n) is 6.11. The van der Waals surface area contributed by atoms with Crippen LogP contribution in [0, 0.1) is 0 Å².